The van der Waals surface area contributed by atoms with Crippen molar-refractivity contribution in [3.05, 3.63) is 71.9 Å². The van der Waals surface area contributed by atoms with Crippen LogP contribution in [0.5, 0.6) is 0 Å². The summed E-state index contributed by atoms with van der Waals surface area (Å²) in [4.78, 5) is 16.0. The number of carbonyl (C=O) groups is 1. The van der Waals surface area contributed by atoms with E-state index in [2.05, 4.69) is 15.5 Å². The van der Waals surface area contributed by atoms with Crippen LogP contribution in [0.3, 0.4) is 0 Å². The molecule has 1 N–H and O–H groups in total. The molecule has 1 amide bonds. The second-order valence-electron chi connectivity index (χ2n) is 5.28. The van der Waals surface area contributed by atoms with Crippen molar-refractivity contribution < 1.29 is 13.7 Å². The molecule has 3 rings (SSSR count). The fourth-order valence-electron chi connectivity index (χ4n) is 2.21. The predicted octanol–water partition coefficient (Wildman–Crippen LogP) is 3.12. The van der Waals surface area contributed by atoms with E-state index in [0.717, 1.165) is 5.56 Å². The zero-order valence-corrected chi connectivity index (χ0v) is 12.9. The van der Waals surface area contributed by atoms with Crippen molar-refractivity contribution in [3.63, 3.8) is 0 Å². The molecule has 0 saturated carbocycles. The Balaban J connectivity index is 1.51. The number of carbonyl (C=O) groups excluding carboxylic acids is 1. The number of aryl methyl sites for hydroxylation is 1. The summed E-state index contributed by atoms with van der Waals surface area (Å²) in [5.74, 6) is 0.210. The zero-order valence-electron chi connectivity index (χ0n) is 12.9. The molecule has 6 heteroatoms. The lowest BCUT2D eigenvalue weighted by atomic mass is 10.2. The number of halogens is 1. The standard InChI is InChI=1S/C18H16FN3O2/c19-15-8-4-7-14(11-15)18-21-17(24-22-18)10-9-16(23)20-12-13-5-2-1-3-6-13/h1-8,11H,9-10,12H2,(H,20,23). The van der Waals surface area contributed by atoms with E-state index in [1.165, 1.54) is 12.1 Å². The Hall–Kier alpha value is -3.02. The highest BCUT2D eigenvalue weighted by atomic mass is 19.1. The van der Waals surface area contributed by atoms with Gasteiger partial charge in [0.1, 0.15) is 5.82 Å². The van der Waals surface area contributed by atoms with E-state index >= 15 is 0 Å². The summed E-state index contributed by atoms with van der Waals surface area (Å²) in [5, 5.41) is 6.65. The van der Waals surface area contributed by atoms with Gasteiger partial charge in [-0.2, -0.15) is 4.98 Å². The lowest BCUT2D eigenvalue weighted by Gasteiger charge is -2.03. The molecule has 0 saturated heterocycles. The molecule has 0 atom stereocenters. The van der Waals surface area contributed by atoms with Crippen LogP contribution in [0.2, 0.25) is 0 Å². The molecule has 5 nitrogen and oxygen atoms in total. The maximum absolute atomic E-state index is 13.2. The predicted molar refractivity (Wildman–Crippen MR) is 86.3 cm³/mol. The van der Waals surface area contributed by atoms with Gasteiger partial charge in [0.15, 0.2) is 0 Å². The molecule has 0 radical (unpaired) electrons. The second kappa shape index (κ2) is 7.50. The van der Waals surface area contributed by atoms with Crippen molar-refractivity contribution in [1.29, 1.82) is 0 Å². The first-order chi connectivity index (χ1) is 11.7. The molecule has 0 aliphatic carbocycles. The third kappa shape index (κ3) is 4.25. The highest BCUT2D eigenvalue weighted by molar-refractivity contribution is 5.76. The summed E-state index contributed by atoms with van der Waals surface area (Å²) in [7, 11) is 0. The average Bonchev–Trinajstić information content (AvgIpc) is 3.08. The lowest BCUT2D eigenvalue weighted by molar-refractivity contribution is -0.121. The van der Waals surface area contributed by atoms with Crippen molar-refractivity contribution in [2.24, 2.45) is 0 Å². The first kappa shape index (κ1) is 15.9. The molecule has 1 heterocycles. The highest BCUT2D eigenvalue weighted by Gasteiger charge is 2.11. The monoisotopic (exact) mass is 325 g/mol. The Labute approximate surface area is 138 Å². The van der Waals surface area contributed by atoms with Gasteiger partial charge in [-0.25, -0.2) is 4.39 Å². The van der Waals surface area contributed by atoms with Gasteiger partial charge in [-0.05, 0) is 17.7 Å². The zero-order chi connectivity index (χ0) is 16.8. The molecule has 0 spiro atoms. The van der Waals surface area contributed by atoms with Crippen molar-refractivity contribution in [2.75, 3.05) is 0 Å². The van der Waals surface area contributed by atoms with Crippen molar-refractivity contribution in [2.45, 2.75) is 19.4 Å². The molecule has 2 aromatic carbocycles. The van der Waals surface area contributed by atoms with E-state index in [1.54, 1.807) is 12.1 Å². The third-order valence-electron chi connectivity index (χ3n) is 3.45. The molecule has 24 heavy (non-hydrogen) atoms. The lowest BCUT2D eigenvalue weighted by Crippen LogP contribution is -2.22. The summed E-state index contributed by atoms with van der Waals surface area (Å²) in [6.45, 7) is 0.484. The summed E-state index contributed by atoms with van der Waals surface area (Å²) in [5.41, 5.74) is 1.58. The number of nitrogens with zero attached hydrogens (tertiary/aromatic N) is 2. The Morgan fingerprint density at radius 2 is 1.96 bits per heavy atom. The van der Waals surface area contributed by atoms with Crippen LogP contribution >= 0.6 is 0 Å². The van der Waals surface area contributed by atoms with Gasteiger partial charge in [0.05, 0.1) is 0 Å². The minimum Gasteiger partial charge on any atom is -0.352 e. The summed E-state index contributed by atoms with van der Waals surface area (Å²) >= 11 is 0. The minimum atomic E-state index is -0.362. The number of aromatic nitrogens is 2. The quantitative estimate of drug-likeness (QED) is 0.756. The number of benzene rings is 2. The van der Waals surface area contributed by atoms with Crippen molar-refractivity contribution in [1.82, 2.24) is 15.5 Å². The van der Waals surface area contributed by atoms with Crippen LogP contribution in [0.25, 0.3) is 11.4 Å². The van der Waals surface area contributed by atoms with E-state index < -0.39 is 0 Å². The van der Waals surface area contributed by atoms with Crippen molar-refractivity contribution >= 4 is 5.91 Å². The van der Waals surface area contributed by atoms with E-state index in [0.29, 0.717) is 30.2 Å². The van der Waals surface area contributed by atoms with Gasteiger partial charge < -0.3 is 9.84 Å². The molecule has 0 fully saturated rings. The third-order valence-corrected chi connectivity index (χ3v) is 3.45. The Morgan fingerprint density at radius 3 is 2.75 bits per heavy atom. The van der Waals surface area contributed by atoms with Gasteiger partial charge >= 0.3 is 0 Å². The first-order valence-corrected chi connectivity index (χ1v) is 7.60. The van der Waals surface area contributed by atoms with Gasteiger partial charge in [0, 0.05) is 24.9 Å². The van der Waals surface area contributed by atoms with Crippen LogP contribution in [-0.4, -0.2) is 16.0 Å². The Kier molecular flexibility index (Phi) is 4.96. The Morgan fingerprint density at radius 1 is 1.12 bits per heavy atom. The number of hydrogen-bond donors (Lipinski definition) is 1. The van der Waals surface area contributed by atoms with Gasteiger partial charge in [0.2, 0.25) is 17.6 Å². The summed E-state index contributed by atoms with van der Waals surface area (Å²) in [6, 6.07) is 15.6. The van der Waals surface area contributed by atoms with E-state index in [-0.39, 0.29) is 18.1 Å². The van der Waals surface area contributed by atoms with Crippen LogP contribution in [-0.2, 0) is 17.8 Å². The van der Waals surface area contributed by atoms with Gasteiger partial charge in [-0.1, -0.05) is 47.6 Å². The largest absolute Gasteiger partial charge is 0.352 e. The van der Waals surface area contributed by atoms with Gasteiger partial charge in [0.25, 0.3) is 0 Å². The van der Waals surface area contributed by atoms with Crippen LogP contribution in [0.15, 0.2) is 59.1 Å². The molecule has 1 aromatic heterocycles. The SMILES string of the molecule is O=C(CCc1nc(-c2cccc(F)c2)no1)NCc1ccccc1. The van der Waals surface area contributed by atoms with E-state index in [4.69, 9.17) is 4.52 Å². The number of hydrogen-bond acceptors (Lipinski definition) is 4. The second-order valence-corrected chi connectivity index (χ2v) is 5.28. The molecule has 0 bridgehead atoms. The van der Waals surface area contributed by atoms with Crippen LogP contribution < -0.4 is 5.32 Å². The molecule has 0 unspecified atom stereocenters. The summed E-state index contributed by atoms with van der Waals surface area (Å²) < 4.78 is 18.3. The Bertz CT molecular complexity index is 818. The van der Waals surface area contributed by atoms with Gasteiger partial charge in [-0.3, -0.25) is 4.79 Å². The van der Waals surface area contributed by atoms with E-state index in [9.17, 15) is 9.18 Å². The normalized spacial score (nSPS) is 10.5. The number of amides is 1. The van der Waals surface area contributed by atoms with Crippen LogP contribution in [0.1, 0.15) is 17.9 Å². The molecular formula is C18H16FN3O2. The molecule has 3 aromatic rings. The number of nitrogens with one attached hydrogen (secondary N) is 1. The molecular weight excluding hydrogens is 309 g/mol. The maximum atomic E-state index is 13.2. The van der Waals surface area contributed by atoms with Crippen molar-refractivity contribution in [3.8, 4) is 11.4 Å². The number of rotatable bonds is 6. The topological polar surface area (TPSA) is 68.0 Å². The highest BCUT2D eigenvalue weighted by Crippen LogP contribution is 2.17. The fraction of sp³-hybridized carbons (Fsp3) is 0.167. The smallest absolute Gasteiger partial charge is 0.227 e. The molecule has 122 valence electrons. The van der Waals surface area contributed by atoms with Gasteiger partial charge in [-0.15, -0.1) is 0 Å². The van der Waals surface area contributed by atoms with Crippen LogP contribution in [0, 0.1) is 5.82 Å². The summed E-state index contributed by atoms with van der Waals surface area (Å²) in [6.07, 6.45) is 0.584. The minimum absolute atomic E-state index is 0.0932. The fourth-order valence-corrected chi connectivity index (χ4v) is 2.21. The van der Waals surface area contributed by atoms with Crippen LogP contribution in [0.4, 0.5) is 4.39 Å². The first-order valence-electron chi connectivity index (χ1n) is 7.60. The van der Waals surface area contributed by atoms with E-state index in [1.807, 2.05) is 30.3 Å². The molecule has 0 aliphatic rings. The average molecular weight is 325 g/mol. The maximum Gasteiger partial charge on any atom is 0.227 e. The molecule has 0 aliphatic heterocycles.